The molecule has 4 atom stereocenters. The van der Waals surface area contributed by atoms with Gasteiger partial charge in [0, 0.05) is 37.5 Å². The molecule has 32 heavy (non-hydrogen) atoms. The van der Waals surface area contributed by atoms with Crippen molar-refractivity contribution in [2.75, 3.05) is 19.7 Å². The van der Waals surface area contributed by atoms with Crippen LogP contribution in [-0.2, 0) is 10.2 Å². The second-order valence-corrected chi connectivity index (χ2v) is 10.8. The van der Waals surface area contributed by atoms with Crippen LogP contribution in [-0.4, -0.2) is 61.7 Å². The Balaban J connectivity index is 1.33. The number of hydrogen-bond donors (Lipinski definition) is 1. The molecule has 1 aliphatic heterocycles. The summed E-state index contributed by atoms with van der Waals surface area (Å²) >= 11 is 0. The number of rotatable bonds is 5. The van der Waals surface area contributed by atoms with Gasteiger partial charge in [0.2, 0.25) is 0 Å². The second kappa shape index (κ2) is 8.14. The highest BCUT2D eigenvalue weighted by atomic mass is 16.5. The van der Waals surface area contributed by atoms with Crippen molar-refractivity contribution in [3.63, 3.8) is 0 Å². The molecule has 3 aliphatic rings. The molecule has 172 valence electrons. The van der Waals surface area contributed by atoms with Crippen molar-refractivity contribution in [3.8, 4) is 5.75 Å². The minimum absolute atomic E-state index is 0.0157. The minimum atomic E-state index is -0.0643. The van der Waals surface area contributed by atoms with E-state index < -0.39 is 0 Å². The largest absolute Gasteiger partial charge is 0.506 e. The van der Waals surface area contributed by atoms with Crippen molar-refractivity contribution in [2.45, 2.75) is 64.0 Å². The summed E-state index contributed by atoms with van der Waals surface area (Å²) in [5, 5.41) is 18.6. The van der Waals surface area contributed by atoms with E-state index in [1.165, 1.54) is 31.3 Å². The molecule has 8 nitrogen and oxygen atoms in total. The molecule has 1 saturated heterocycles. The van der Waals surface area contributed by atoms with E-state index in [4.69, 9.17) is 4.74 Å². The summed E-state index contributed by atoms with van der Waals surface area (Å²) < 4.78 is 8.45. The molecule has 8 heteroatoms. The van der Waals surface area contributed by atoms with Crippen molar-refractivity contribution in [1.29, 1.82) is 0 Å². The molecule has 0 spiro atoms. The topological polar surface area (TPSA) is 93.4 Å². The first-order chi connectivity index (χ1) is 15.3. The van der Waals surface area contributed by atoms with Crippen LogP contribution < -0.4 is 0 Å². The zero-order valence-corrected chi connectivity index (χ0v) is 19.1. The van der Waals surface area contributed by atoms with Crippen LogP contribution in [0.4, 0.5) is 0 Å². The lowest BCUT2D eigenvalue weighted by atomic mass is 9.77. The number of ether oxygens (including phenoxy) is 1. The average Bonchev–Trinajstić information content (AvgIpc) is 3.27. The van der Waals surface area contributed by atoms with Crippen molar-refractivity contribution in [3.05, 3.63) is 35.9 Å². The Morgan fingerprint density at radius 3 is 2.59 bits per heavy atom. The van der Waals surface area contributed by atoms with E-state index in [9.17, 15) is 9.90 Å². The van der Waals surface area contributed by atoms with E-state index in [2.05, 4.69) is 42.3 Å². The maximum absolute atomic E-state index is 13.0. The summed E-state index contributed by atoms with van der Waals surface area (Å²) in [4.78, 5) is 18.9. The fraction of sp³-hybridized carbons (Fsp3) is 0.667. The molecule has 2 aromatic rings. The fourth-order valence-corrected chi connectivity index (χ4v) is 5.07. The molecule has 2 saturated carbocycles. The number of hydrogen-bond acceptors (Lipinski definition) is 6. The Kier molecular flexibility index (Phi) is 5.43. The maximum Gasteiger partial charge on any atom is 0.255 e. The van der Waals surface area contributed by atoms with E-state index in [-0.39, 0.29) is 29.2 Å². The molecule has 2 aliphatic carbocycles. The van der Waals surface area contributed by atoms with Gasteiger partial charge < -0.3 is 14.7 Å². The molecule has 5 rings (SSSR count). The van der Waals surface area contributed by atoms with Gasteiger partial charge in [-0.2, -0.15) is 0 Å². The smallest absolute Gasteiger partial charge is 0.255 e. The normalized spacial score (nSPS) is 28.0. The number of fused-ring (bicyclic) bond motifs is 1. The van der Waals surface area contributed by atoms with E-state index in [1.54, 1.807) is 0 Å². The lowest BCUT2D eigenvalue weighted by Crippen LogP contribution is -2.38. The Hall–Kier alpha value is -2.48. The Labute approximate surface area is 189 Å². The molecule has 3 fully saturated rings. The second-order valence-electron chi connectivity index (χ2n) is 10.8. The zero-order chi connectivity index (χ0) is 22.5. The number of aromatic nitrogens is 4. The van der Waals surface area contributed by atoms with Crippen LogP contribution in [0.3, 0.4) is 0 Å². The number of pyridine rings is 1. The summed E-state index contributed by atoms with van der Waals surface area (Å²) in [6.45, 7) is 8.70. The molecular formula is C24H33N5O3. The molecule has 0 unspecified atom stereocenters. The molecule has 0 bridgehead atoms. The van der Waals surface area contributed by atoms with Gasteiger partial charge in [-0.3, -0.25) is 9.78 Å². The summed E-state index contributed by atoms with van der Waals surface area (Å²) in [5.74, 6) is 1.47. The summed E-state index contributed by atoms with van der Waals surface area (Å²) in [6.07, 6.45) is 9.42. The van der Waals surface area contributed by atoms with Crippen molar-refractivity contribution < 1.29 is 14.6 Å². The van der Waals surface area contributed by atoms with Gasteiger partial charge in [0.15, 0.2) is 0 Å². The molecule has 0 aromatic carbocycles. The highest BCUT2D eigenvalue weighted by Gasteiger charge is 2.45. The summed E-state index contributed by atoms with van der Waals surface area (Å²) in [5.41, 5.74) is 1.37. The Morgan fingerprint density at radius 1 is 1.19 bits per heavy atom. The van der Waals surface area contributed by atoms with E-state index in [0.29, 0.717) is 29.9 Å². The van der Waals surface area contributed by atoms with Crippen LogP contribution in [0.15, 0.2) is 24.7 Å². The monoisotopic (exact) mass is 439 g/mol. The predicted molar refractivity (Wildman–Crippen MR) is 118 cm³/mol. The Morgan fingerprint density at radius 2 is 1.94 bits per heavy atom. The highest BCUT2D eigenvalue weighted by molar-refractivity contribution is 5.94. The van der Waals surface area contributed by atoms with Crippen LogP contribution in [0.2, 0.25) is 0 Å². The molecule has 1 amide bonds. The van der Waals surface area contributed by atoms with Crippen LogP contribution in [0.1, 0.15) is 68.5 Å². The number of nitrogens with zero attached hydrogens (tertiary/aromatic N) is 5. The SMILES string of the molecule is CC(C)(C)c1cn([C@@H]2C[C@@H]3CN(C(=O)c4cncc(O)c4)C[C@@H]3C[C@H]2OCC2CC2)nn1. The molecular weight excluding hydrogens is 406 g/mol. The number of carbonyl (C=O) groups is 1. The Bertz CT molecular complexity index is 980. The first-order valence-electron chi connectivity index (χ1n) is 11.7. The molecule has 0 radical (unpaired) electrons. The van der Waals surface area contributed by atoms with Crippen LogP contribution in [0, 0.1) is 17.8 Å². The summed E-state index contributed by atoms with van der Waals surface area (Å²) in [6, 6.07) is 1.63. The number of aromatic hydroxyl groups is 1. The third kappa shape index (κ3) is 4.37. The lowest BCUT2D eigenvalue weighted by Gasteiger charge is -2.37. The van der Waals surface area contributed by atoms with Crippen LogP contribution in [0.25, 0.3) is 0 Å². The van der Waals surface area contributed by atoms with Crippen molar-refractivity contribution in [2.24, 2.45) is 17.8 Å². The molecule has 3 heterocycles. The van der Waals surface area contributed by atoms with Gasteiger partial charge >= 0.3 is 0 Å². The zero-order valence-electron chi connectivity index (χ0n) is 19.1. The van der Waals surface area contributed by atoms with Gasteiger partial charge in [-0.1, -0.05) is 26.0 Å². The third-order valence-electron chi connectivity index (χ3n) is 7.20. The van der Waals surface area contributed by atoms with Gasteiger partial charge in [-0.05, 0) is 49.5 Å². The number of likely N-dealkylation sites (tertiary alicyclic amines) is 1. The van der Waals surface area contributed by atoms with Crippen LogP contribution in [0.5, 0.6) is 5.75 Å². The minimum Gasteiger partial charge on any atom is -0.506 e. The van der Waals surface area contributed by atoms with Gasteiger partial charge in [-0.15, -0.1) is 5.10 Å². The fourth-order valence-electron chi connectivity index (χ4n) is 5.07. The van der Waals surface area contributed by atoms with Gasteiger partial charge in [0.05, 0.1) is 29.6 Å². The highest BCUT2D eigenvalue weighted by Crippen LogP contribution is 2.43. The van der Waals surface area contributed by atoms with Crippen molar-refractivity contribution >= 4 is 5.91 Å². The van der Waals surface area contributed by atoms with Crippen LogP contribution >= 0.6 is 0 Å². The lowest BCUT2D eigenvalue weighted by molar-refractivity contribution is -0.0375. The van der Waals surface area contributed by atoms with Crippen molar-refractivity contribution in [1.82, 2.24) is 24.9 Å². The maximum atomic E-state index is 13.0. The first-order valence-corrected chi connectivity index (χ1v) is 11.7. The first kappa shape index (κ1) is 21.4. The third-order valence-corrected chi connectivity index (χ3v) is 7.20. The molecule has 2 aromatic heterocycles. The van der Waals surface area contributed by atoms with Gasteiger partial charge in [-0.25, -0.2) is 4.68 Å². The van der Waals surface area contributed by atoms with E-state index in [1.807, 2.05) is 9.58 Å². The predicted octanol–water partition coefficient (Wildman–Crippen LogP) is 3.19. The van der Waals surface area contributed by atoms with E-state index >= 15 is 0 Å². The quantitative estimate of drug-likeness (QED) is 0.769. The number of carbonyl (C=O) groups excluding carboxylic acids is 1. The number of amides is 1. The molecule has 1 N–H and O–H groups in total. The average molecular weight is 440 g/mol. The summed E-state index contributed by atoms with van der Waals surface area (Å²) in [7, 11) is 0. The standard InChI is InChI=1S/C24H33N5O3/c1-24(2,3)22-13-29(27-26-22)20-7-17-11-28(23(31)16-6-19(30)10-25-9-16)12-18(17)8-21(20)32-14-15-4-5-15/h6,9-10,13,15,17-18,20-21,30H,4-5,7-8,11-12,14H2,1-3H3/t17-,18+,20-,21-/m1/s1. The van der Waals surface area contributed by atoms with E-state index in [0.717, 1.165) is 31.7 Å². The van der Waals surface area contributed by atoms with Gasteiger partial charge in [0.25, 0.3) is 5.91 Å². The van der Waals surface area contributed by atoms with Gasteiger partial charge in [0.1, 0.15) is 5.75 Å².